The predicted molar refractivity (Wildman–Crippen MR) is 130 cm³/mol. The highest BCUT2D eigenvalue weighted by molar-refractivity contribution is 5.84. The van der Waals surface area contributed by atoms with Gasteiger partial charge in [-0.2, -0.15) is 0 Å². The van der Waals surface area contributed by atoms with E-state index in [0.717, 1.165) is 33.7 Å². The zero-order valence-corrected chi connectivity index (χ0v) is 18.5. The van der Waals surface area contributed by atoms with E-state index in [1.165, 1.54) is 5.56 Å². The lowest BCUT2D eigenvalue weighted by molar-refractivity contribution is 0.282. The van der Waals surface area contributed by atoms with Gasteiger partial charge in [-0.3, -0.25) is 9.55 Å². The van der Waals surface area contributed by atoms with E-state index in [1.807, 2.05) is 65.4 Å². The van der Waals surface area contributed by atoms with Crippen molar-refractivity contribution in [3.05, 3.63) is 84.2 Å². The molecule has 0 aliphatic carbocycles. The molecule has 5 rings (SSSR count). The molecule has 1 aromatic carbocycles. The van der Waals surface area contributed by atoms with Crippen molar-refractivity contribution in [2.24, 2.45) is 0 Å². The summed E-state index contributed by atoms with van der Waals surface area (Å²) in [4.78, 5) is 18.7. The minimum atomic E-state index is -0.0200. The van der Waals surface area contributed by atoms with Gasteiger partial charge < -0.3 is 10.8 Å². The monoisotopic (exact) mass is 436 g/mol. The molecule has 0 saturated heterocycles. The molecular weight excluding hydrogens is 412 g/mol. The lowest BCUT2D eigenvalue weighted by Gasteiger charge is -2.11. The number of anilines is 1. The number of hydrogen-bond acceptors (Lipinski definition) is 6. The first-order chi connectivity index (χ1) is 16.0. The Morgan fingerprint density at radius 1 is 0.909 bits per heavy atom. The second kappa shape index (κ2) is 8.44. The third-order valence-corrected chi connectivity index (χ3v) is 5.68. The van der Waals surface area contributed by atoms with Crippen LogP contribution in [0.5, 0.6) is 0 Å². The number of aliphatic hydroxyl groups excluding tert-OH is 1. The molecule has 0 spiro atoms. The van der Waals surface area contributed by atoms with Crippen molar-refractivity contribution < 1.29 is 5.11 Å². The molecule has 0 aliphatic heterocycles. The van der Waals surface area contributed by atoms with Crippen molar-refractivity contribution in [2.45, 2.75) is 26.4 Å². The van der Waals surface area contributed by atoms with E-state index in [4.69, 9.17) is 15.7 Å². The van der Waals surface area contributed by atoms with E-state index in [9.17, 15) is 5.11 Å². The molecule has 4 heterocycles. The Morgan fingerprint density at radius 3 is 2.36 bits per heavy atom. The van der Waals surface area contributed by atoms with Gasteiger partial charge in [-0.05, 0) is 59.5 Å². The summed E-state index contributed by atoms with van der Waals surface area (Å²) in [6, 6.07) is 19.3. The fourth-order valence-corrected chi connectivity index (χ4v) is 3.78. The number of benzene rings is 1. The van der Waals surface area contributed by atoms with Gasteiger partial charge >= 0.3 is 0 Å². The Hall–Kier alpha value is -4.10. The molecule has 0 saturated carbocycles. The van der Waals surface area contributed by atoms with Crippen LogP contribution in [0.1, 0.15) is 30.9 Å². The summed E-state index contributed by atoms with van der Waals surface area (Å²) in [5.41, 5.74) is 12.8. The SMILES string of the molecule is CC(C)c1ccc(-c2ccc3nc(-c4cccnc4N)n(-c4ccc(CO)cc4)c3n2)nc1. The normalized spacial score (nSPS) is 11.4. The molecule has 33 heavy (non-hydrogen) atoms. The number of imidazole rings is 1. The van der Waals surface area contributed by atoms with Crippen molar-refractivity contribution in [1.29, 1.82) is 0 Å². The van der Waals surface area contributed by atoms with E-state index in [0.29, 0.717) is 23.2 Å². The molecule has 3 N–H and O–H groups in total. The lowest BCUT2D eigenvalue weighted by atomic mass is 10.1. The van der Waals surface area contributed by atoms with Gasteiger partial charge in [-0.25, -0.2) is 15.0 Å². The van der Waals surface area contributed by atoms with Crippen LogP contribution < -0.4 is 5.73 Å². The van der Waals surface area contributed by atoms with E-state index < -0.39 is 0 Å². The summed E-state index contributed by atoms with van der Waals surface area (Å²) in [5.74, 6) is 1.46. The fourth-order valence-electron chi connectivity index (χ4n) is 3.78. The van der Waals surface area contributed by atoms with Gasteiger partial charge in [-0.1, -0.05) is 32.0 Å². The van der Waals surface area contributed by atoms with Gasteiger partial charge in [-0.15, -0.1) is 0 Å². The van der Waals surface area contributed by atoms with E-state index >= 15 is 0 Å². The maximum Gasteiger partial charge on any atom is 0.165 e. The molecule has 5 aromatic rings. The van der Waals surface area contributed by atoms with E-state index in [-0.39, 0.29) is 6.61 Å². The van der Waals surface area contributed by atoms with Crippen molar-refractivity contribution in [1.82, 2.24) is 24.5 Å². The van der Waals surface area contributed by atoms with Gasteiger partial charge in [0.25, 0.3) is 0 Å². The first-order valence-electron chi connectivity index (χ1n) is 10.8. The summed E-state index contributed by atoms with van der Waals surface area (Å²) in [6.07, 6.45) is 3.56. The van der Waals surface area contributed by atoms with Crippen molar-refractivity contribution in [2.75, 3.05) is 5.73 Å². The van der Waals surface area contributed by atoms with E-state index in [2.05, 4.69) is 29.9 Å². The second-order valence-electron chi connectivity index (χ2n) is 8.20. The van der Waals surface area contributed by atoms with Crippen molar-refractivity contribution in [3.63, 3.8) is 0 Å². The molecule has 4 aromatic heterocycles. The smallest absolute Gasteiger partial charge is 0.165 e. The number of aliphatic hydroxyl groups is 1. The summed E-state index contributed by atoms with van der Waals surface area (Å²) in [7, 11) is 0. The molecule has 7 heteroatoms. The highest BCUT2D eigenvalue weighted by Crippen LogP contribution is 2.31. The van der Waals surface area contributed by atoms with Gasteiger partial charge in [0.15, 0.2) is 11.5 Å². The topological polar surface area (TPSA) is 103 Å². The highest BCUT2D eigenvalue weighted by atomic mass is 16.3. The Morgan fingerprint density at radius 2 is 1.70 bits per heavy atom. The minimum Gasteiger partial charge on any atom is -0.392 e. The Balaban J connectivity index is 1.72. The first-order valence-corrected chi connectivity index (χ1v) is 10.8. The summed E-state index contributed by atoms with van der Waals surface area (Å²) >= 11 is 0. The fraction of sp³-hybridized carbons (Fsp3) is 0.154. The van der Waals surface area contributed by atoms with Crippen LogP contribution in [0.2, 0.25) is 0 Å². The van der Waals surface area contributed by atoms with Crippen molar-refractivity contribution in [3.8, 4) is 28.5 Å². The Labute approximate surface area is 191 Å². The summed E-state index contributed by atoms with van der Waals surface area (Å²) in [5, 5.41) is 9.45. The molecule has 0 fully saturated rings. The number of aromatic nitrogens is 5. The molecular formula is C26H24N6O. The summed E-state index contributed by atoms with van der Waals surface area (Å²) in [6.45, 7) is 4.27. The molecule has 0 atom stereocenters. The number of nitrogens with zero attached hydrogens (tertiary/aromatic N) is 5. The third kappa shape index (κ3) is 3.83. The van der Waals surface area contributed by atoms with Crippen LogP contribution in [0, 0.1) is 0 Å². The molecule has 7 nitrogen and oxygen atoms in total. The third-order valence-electron chi connectivity index (χ3n) is 5.68. The number of pyridine rings is 3. The Bertz CT molecular complexity index is 1420. The van der Waals surface area contributed by atoms with Crippen LogP contribution >= 0.6 is 0 Å². The number of fused-ring (bicyclic) bond motifs is 1. The average molecular weight is 437 g/mol. The van der Waals surface area contributed by atoms with Gasteiger partial charge in [0.2, 0.25) is 0 Å². The van der Waals surface area contributed by atoms with Crippen LogP contribution in [-0.4, -0.2) is 29.6 Å². The Kier molecular flexibility index (Phi) is 5.32. The second-order valence-corrected chi connectivity index (χ2v) is 8.20. The molecule has 0 radical (unpaired) electrons. The zero-order valence-electron chi connectivity index (χ0n) is 18.5. The summed E-state index contributed by atoms with van der Waals surface area (Å²) < 4.78 is 1.97. The highest BCUT2D eigenvalue weighted by Gasteiger charge is 2.19. The van der Waals surface area contributed by atoms with Crippen molar-refractivity contribution >= 4 is 17.0 Å². The van der Waals surface area contributed by atoms with Crippen LogP contribution in [-0.2, 0) is 6.61 Å². The number of hydrogen-bond donors (Lipinski definition) is 2. The van der Waals surface area contributed by atoms with Crippen LogP contribution in [0.25, 0.3) is 39.6 Å². The minimum absolute atomic E-state index is 0.0200. The zero-order chi connectivity index (χ0) is 22.9. The molecule has 0 bridgehead atoms. The molecule has 164 valence electrons. The predicted octanol–water partition coefficient (Wildman–Crippen LogP) is 4.74. The van der Waals surface area contributed by atoms with Crippen LogP contribution in [0.15, 0.2) is 73.1 Å². The first kappa shape index (κ1) is 20.8. The molecule has 0 aliphatic rings. The maximum absolute atomic E-state index is 9.45. The molecule has 0 amide bonds. The number of nitrogens with two attached hydrogens (primary N) is 1. The molecule has 0 unspecified atom stereocenters. The van der Waals surface area contributed by atoms with Crippen LogP contribution in [0.3, 0.4) is 0 Å². The van der Waals surface area contributed by atoms with Gasteiger partial charge in [0, 0.05) is 18.1 Å². The number of rotatable bonds is 5. The average Bonchev–Trinajstić information content (AvgIpc) is 3.23. The van der Waals surface area contributed by atoms with E-state index in [1.54, 1.807) is 6.20 Å². The van der Waals surface area contributed by atoms with Gasteiger partial charge in [0.05, 0.1) is 23.6 Å². The largest absolute Gasteiger partial charge is 0.392 e. The quantitative estimate of drug-likeness (QED) is 0.412. The van der Waals surface area contributed by atoms with Gasteiger partial charge in [0.1, 0.15) is 11.3 Å². The lowest BCUT2D eigenvalue weighted by Crippen LogP contribution is -2.02. The van der Waals surface area contributed by atoms with Crippen LogP contribution in [0.4, 0.5) is 5.82 Å². The standard InChI is InChI=1S/C26H24N6O/c1-16(2)18-7-10-21(29-14-18)22-11-12-23-26(30-22)32(19-8-5-17(15-33)6-9-19)25(31-23)20-4-3-13-28-24(20)27/h3-14,16,33H,15H2,1-2H3,(H2,27,28). The maximum atomic E-state index is 9.45. The number of nitrogen functional groups attached to an aromatic ring is 1.